The predicted molar refractivity (Wildman–Crippen MR) is 74.0 cm³/mol. The van der Waals surface area contributed by atoms with Gasteiger partial charge in [-0.15, -0.1) is 0 Å². The Balaban J connectivity index is 2.33. The van der Waals surface area contributed by atoms with Crippen LogP contribution in [0.4, 0.5) is 0 Å². The van der Waals surface area contributed by atoms with Gasteiger partial charge < -0.3 is 9.84 Å². The molecule has 1 unspecified atom stereocenters. The highest BCUT2D eigenvalue weighted by Gasteiger charge is 2.39. The number of morpholine rings is 1. The summed E-state index contributed by atoms with van der Waals surface area (Å²) in [7, 11) is -3.68. The van der Waals surface area contributed by atoms with Crippen molar-refractivity contribution in [1.82, 2.24) is 9.29 Å². The summed E-state index contributed by atoms with van der Waals surface area (Å²) >= 11 is 5.74. The van der Waals surface area contributed by atoms with Gasteiger partial charge >= 0.3 is 0 Å². The maximum atomic E-state index is 12.6. The topological polar surface area (TPSA) is 79.7 Å². The second-order valence-corrected chi connectivity index (χ2v) is 7.62. The Labute approximate surface area is 123 Å². The van der Waals surface area contributed by atoms with Crippen LogP contribution in [-0.2, 0) is 14.8 Å². The number of aliphatic hydroxyl groups excluding tert-OH is 1. The number of rotatable bonds is 3. The summed E-state index contributed by atoms with van der Waals surface area (Å²) in [6, 6.07) is 2.71. The van der Waals surface area contributed by atoms with E-state index in [1.54, 1.807) is 13.8 Å². The zero-order valence-electron chi connectivity index (χ0n) is 11.3. The van der Waals surface area contributed by atoms with Crippen LogP contribution in [0, 0.1) is 0 Å². The maximum Gasteiger partial charge on any atom is 0.243 e. The second-order valence-electron chi connectivity index (χ2n) is 5.29. The monoisotopic (exact) mass is 320 g/mol. The largest absolute Gasteiger partial charge is 0.394 e. The Morgan fingerprint density at radius 1 is 1.60 bits per heavy atom. The van der Waals surface area contributed by atoms with Crippen molar-refractivity contribution in [1.29, 1.82) is 0 Å². The fourth-order valence-corrected chi connectivity index (χ4v) is 4.09. The quantitative estimate of drug-likeness (QED) is 0.837. The van der Waals surface area contributed by atoms with Crippen LogP contribution >= 0.6 is 11.6 Å². The molecular formula is C12H17ClN2O4S. The Kier molecular flexibility index (Phi) is 4.36. The van der Waals surface area contributed by atoms with Gasteiger partial charge in [-0.05, 0) is 26.0 Å². The first-order valence-corrected chi connectivity index (χ1v) is 7.97. The smallest absolute Gasteiger partial charge is 0.243 e. The van der Waals surface area contributed by atoms with Gasteiger partial charge in [-0.3, -0.25) is 0 Å². The van der Waals surface area contributed by atoms with Crippen LogP contribution in [0.3, 0.4) is 0 Å². The summed E-state index contributed by atoms with van der Waals surface area (Å²) in [6.07, 6.45) is 0.815. The lowest BCUT2D eigenvalue weighted by atomic mass is 10.1. The lowest BCUT2D eigenvalue weighted by Crippen LogP contribution is -2.55. The molecule has 1 aliphatic heterocycles. The van der Waals surface area contributed by atoms with Gasteiger partial charge in [0.1, 0.15) is 5.15 Å². The van der Waals surface area contributed by atoms with E-state index in [1.165, 1.54) is 22.6 Å². The van der Waals surface area contributed by atoms with Crippen LogP contribution < -0.4 is 0 Å². The van der Waals surface area contributed by atoms with E-state index >= 15 is 0 Å². The Morgan fingerprint density at radius 3 is 2.90 bits per heavy atom. The number of halogens is 1. The van der Waals surface area contributed by atoms with Gasteiger partial charge in [0.25, 0.3) is 0 Å². The van der Waals surface area contributed by atoms with E-state index in [1.807, 2.05) is 0 Å². The fourth-order valence-electron chi connectivity index (χ4n) is 2.21. The molecule has 6 nitrogen and oxygen atoms in total. The molecule has 0 bridgehead atoms. The Hall–Kier alpha value is -0.730. The van der Waals surface area contributed by atoms with Crippen LogP contribution in [0.15, 0.2) is 23.2 Å². The lowest BCUT2D eigenvalue weighted by Gasteiger charge is -2.41. The molecule has 0 spiro atoms. The number of sulfonamides is 1. The van der Waals surface area contributed by atoms with Gasteiger partial charge in [0.2, 0.25) is 10.0 Å². The van der Waals surface area contributed by atoms with Crippen molar-refractivity contribution < 1.29 is 18.3 Å². The summed E-state index contributed by atoms with van der Waals surface area (Å²) in [4.78, 5) is 3.87. The zero-order chi connectivity index (χ0) is 15.0. The highest BCUT2D eigenvalue weighted by atomic mass is 35.5. The zero-order valence-corrected chi connectivity index (χ0v) is 12.9. The van der Waals surface area contributed by atoms with Crippen LogP contribution in [0.5, 0.6) is 0 Å². The van der Waals surface area contributed by atoms with Crippen LogP contribution in [0.25, 0.3) is 0 Å². The second kappa shape index (κ2) is 5.57. The fraction of sp³-hybridized carbons (Fsp3) is 0.583. The molecule has 112 valence electrons. The molecule has 2 rings (SSSR count). The number of aromatic nitrogens is 1. The maximum absolute atomic E-state index is 12.6. The van der Waals surface area contributed by atoms with E-state index < -0.39 is 21.7 Å². The number of hydrogen-bond acceptors (Lipinski definition) is 5. The molecule has 1 N–H and O–H groups in total. The minimum Gasteiger partial charge on any atom is -0.394 e. The van der Waals surface area contributed by atoms with Gasteiger partial charge in [0.05, 0.1) is 23.2 Å². The van der Waals surface area contributed by atoms with E-state index in [2.05, 4.69) is 4.98 Å². The third-order valence-corrected chi connectivity index (χ3v) is 5.00. The summed E-state index contributed by atoms with van der Waals surface area (Å²) in [5.74, 6) is 0. The van der Waals surface area contributed by atoms with Gasteiger partial charge in [0.15, 0.2) is 0 Å². The average Bonchev–Trinajstić information content (AvgIpc) is 2.36. The number of nitrogens with zero attached hydrogens (tertiary/aromatic N) is 2. The van der Waals surface area contributed by atoms with Crippen molar-refractivity contribution in [2.24, 2.45) is 0 Å². The molecule has 0 aromatic carbocycles. The van der Waals surface area contributed by atoms with Crippen molar-refractivity contribution in [2.45, 2.75) is 30.4 Å². The van der Waals surface area contributed by atoms with Gasteiger partial charge in [-0.2, -0.15) is 4.31 Å². The molecule has 1 aromatic rings. The normalized spacial score (nSPS) is 23.7. The SMILES string of the molecule is CC1(C)CN(S(=O)(=O)c2ccnc(Cl)c2)CC(CO)O1. The summed E-state index contributed by atoms with van der Waals surface area (Å²) in [6.45, 7) is 3.67. The third-order valence-electron chi connectivity index (χ3n) is 2.99. The van der Waals surface area contributed by atoms with Crippen molar-refractivity contribution in [3.8, 4) is 0 Å². The molecule has 2 heterocycles. The van der Waals surface area contributed by atoms with E-state index in [4.69, 9.17) is 16.3 Å². The van der Waals surface area contributed by atoms with Crippen molar-refractivity contribution in [3.63, 3.8) is 0 Å². The number of pyridine rings is 1. The lowest BCUT2D eigenvalue weighted by molar-refractivity contribution is -0.131. The van der Waals surface area contributed by atoms with Crippen LogP contribution in [-0.4, -0.2) is 54.2 Å². The molecule has 1 fully saturated rings. The average molecular weight is 321 g/mol. The highest BCUT2D eigenvalue weighted by Crippen LogP contribution is 2.26. The van der Waals surface area contributed by atoms with Crippen molar-refractivity contribution in [3.05, 3.63) is 23.5 Å². The molecule has 0 radical (unpaired) electrons. The molecule has 20 heavy (non-hydrogen) atoms. The summed E-state index contributed by atoms with van der Waals surface area (Å²) in [5, 5.41) is 9.37. The van der Waals surface area contributed by atoms with Gasteiger partial charge in [-0.25, -0.2) is 13.4 Å². The molecule has 1 atom stereocenters. The first kappa shape index (κ1) is 15.7. The number of hydrogen-bond donors (Lipinski definition) is 1. The van der Waals surface area contributed by atoms with E-state index in [-0.39, 0.29) is 29.7 Å². The minimum absolute atomic E-state index is 0.0897. The molecule has 0 aliphatic carbocycles. The highest BCUT2D eigenvalue weighted by molar-refractivity contribution is 7.89. The standard InChI is InChI=1S/C12H17ClN2O4S/c1-12(2)8-15(6-9(7-16)19-12)20(17,18)10-3-4-14-11(13)5-10/h3-5,9,16H,6-8H2,1-2H3. The van der Waals surface area contributed by atoms with Crippen molar-refractivity contribution in [2.75, 3.05) is 19.7 Å². The molecule has 1 saturated heterocycles. The van der Waals surface area contributed by atoms with Crippen LogP contribution in [0.1, 0.15) is 13.8 Å². The Bertz CT molecular complexity index is 591. The summed E-state index contributed by atoms with van der Waals surface area (Å²) in [5.41, 5.74) is -0.657. The molecular weight excluding hydrogens is 304 g/mol. The molecule has 1 aliphatic rings. The molecule has 8 heteroatoms. The van der Waals surface area contributed by atoms with Crippen molar-refractivity contribution >= 4 is 21.6 Å². The Morgan fingerprint density at radius 2 is 2.30 bits per heavy atom. The predicted octanol–water partition coefficient (Wildman–Crippen LogP) is 0.895. The first-order valence-electron chi connectivity index (χ1n) is 6.15. The van der Waals surface area contributed by atoms with Gasteiger partial charge in [0, 0.05) is 19.3 Å². The molecule has 0 amide bonds. The number of ether oxygens (including phenoxy) is 1. The molecule has 0 saturated carbocycles. The first-order chi connectivity index (χ1) is 9.24. The number of aliphatic hydroxyl groups is 1. The van der Waals surface area contributed by atoms with E-state index in [0.717, 1.165) is 0 Å². The minimum atomic E-state index is -3.68. The van der Waals surface area contributed by atoms with E-state index in [0.29, 0.717) is 0 Å². The van der Waals surface area contributed by atoms with Gasteiger partial charge in [-0.1, -0.05) is 11.6 Å². The van der Waals surface area contributed by atoms with E-state index in [9.17, 15) is 13.5 Å². The molecule has 1 aromatic heterocycles. The third kappa shape index (κ3) is 3.29. The van der Waals surface area contributed by atoms with Crippen LogP contribution in [0.2, 0.25) is 5.15 Å². The summed E-state index contributed by atoms with van der Waals surface area (Å²) < 4.78 is 32.1.